The molecular weight excluding hydrogens is 204 g/mol. The molecule has 2 heterocycles. The average molecular weight is 220 g/mol. The van der Waals surface area contributed by atoms with E-state index in [2.05, 4.69) is 14.9 Å². The van der Waals surface area contributed by atoms with E-state index in [-0.39, 0.29) is 0 Å². The fraction of sp³-hybridized carbons (Fsp3) is 0.636. The van der Waals surface area contributed by atoms with E-state index in [0.29, 0.717) is 11.2 Å². The summed E-state index contributed by atoms with van der Waals surface area (Å²) in [4.78, 5) is 10.3. The summed E-state index contributed by atoms with van der Waals surface area (Å²) in [6.07, 6.45) is 3.29. The summed E-state index contributed by atoms with van der Waals surface area (Å²) >= 11 is 0. The van der Waals surface area contributed by atoms with E-state index < -0.39 is 5.60 Å². The highest BCUT2D eigenvalue weighted by molar-refractivity contribution is 5.49. The first-order valence-corrected chi connectivity index (χ1v) is 5.53. The normalized spacial score (nSPS) is 25.0. The Morgan fingerprint density at radius 1 is 1.38 bits per heavy atom. The number of nitrogen functional groups attached to an aromatic ring is 1. The third kappa shape index (κ3) is 1.43. The summed E-state index contributed by atoms with van der Waals surface area (Å²) in [5.74, 6) is 1.40. The van der Waals surface area contributed by atoms with Crippen LogP contribution < -0.4 is 10.6 Å². The molecule has 0 unspecified atom stereocenters. The third-order valence-corrected chi connectivity index (χ3v) is 3.56. The fourth-order valence-corrected chi connectivity index (χ4v) is 3.25. The zero-order valence-corrected chi connectivity index (χ0v) is 9.35. The smallest absolute Gasteiger partial charge is 0.134 e. The molecule has 1 spiro atoms. The number of nitrogens with zero attached hydrogens (tertiary/aromatic N) is 3. The molecule has 0 bridgehead atoms. The van der Waals surface area contributed by atoms with Crippen LogP contribution in [0.5, 0.6) is 0 Å². The Labute approximate surface area is 94.3 Å². The maximum Gasteiger partial charge on any atom is 0.134 e. The molecule has 0 amide bonds. The lowest BCUT2D eigenvalue weighted by atomic mass is 9.56. The van der Waals surface area contributed by atoms with Gasteiger partial charge in [0.25, 0.3) is 0 Å². The van der Waals surface area contributed by atoms with E-state index in [1.165, 1.54) is 6.33 Å². The Balaban J connectivity index is 1.66. The minimum atomic E-state index is -0.448. The fourth-order valence-electron chi connectivity index (χ4n) is 3.25. The van der Waals surface area contributed by atoms with Crippen molar-refractivity contribution in [3.63, 3.8) is 0 Å². The van der Waals surface area contributed by atoms with Crippen LogP contribution >= 0.6 is 0 Å². The SMILES string of the molecule is CC1(O)CC2(CN(c3cc(N)ncn3)C2)C1. The number of hydrogen-bond acceptors (Lipinski definition) is 5. The second-order valence-electron chi connectivity index (χ2n) is 5.51. The van der Waals surface area contributed by atoms with E-state index in [1.807, 2.05) is 6.92 Å². The van der Waals surface area contributed by atoms with E-state index in [9.17, 15) is 5.11 Å². The molecule has 86 valence electrons. The van der Waals surface area contributed by atoms with Gasteiger partial charge in [0.1, 0.15) is 18.0 Å². The molecule has 2 fully saturated rings. The van der Waals surface area contributed by atoms with Crippen LogP contribution in [-0.2, 0) is 0 Å². The van der Waals surface area contributed by atoms with Crippen LogP contribution in [0.25, 0.3) is 0 Å². The number of aliphatic hydroxyl groups is 1. The van der Waals surface area contributed by atoms with Gasteiger partial charge in [0.05, 0.1) is 5.60 Å². The van der Waals surface area contributed by atoms with E-state index in [1.54, 1.807) is 6.07 Å². The van der Waals surface area contributed by atoms with Gasteiger partial charge in [0.2, 0.25) is 0 Å². The van der Waals surface area contributed by atoms with Gasteiger partial charge in [0.15, 0.2) is 0 Å². The number of hydrogen-bond donors (Lipinski definition) is 2. The van der Waals surface area contributed by atoms with Gasteiger partial charge in [-0.1, -0.05) is 0 Å². The topological polar surface area (TPSA) is 75.3 Å². The standard InChI is InChI=1S/C11H16N4O/c1-10(16)3-11(4-10)5-15(6-11)9-2-8(12)13-7-14-9/h2,7,16H,3-6H2,1H3,(H2,12,13,14). The number of rotatable bonds is 1. The zero-order chi connectivity index (χ0) is 11.4. The minimum Gasteiger partial charge on any atom is -0.390 e. The number of anilines is 2. The van der Waals surface area contributed by atoms with Gasteiger partial charge < -0.3 is 15.7 Å². The predicted molar refractivity (Wildman–Crippen MR) is 60.9 cm³/mol. The van der Waals surface area contributed by atoms with Crippen molar-refractivity contribution in [3.8, 4) is 0 Å². The van der Waals surface area contributed by atoms with Crippen molar-refractivity contribution in [2.45, 2.75) is 25.4 Å². The van der Waals surface area contributed by atoms with E-state index >= 15 is 0 Å². The van der Waals surface area contributed by atoms with Crippen LogP contribution in [0.3, 0.4) is 0 Å². The van der Waals surface area contributed by atoms with Crippen LogP contribution in [-0.4, -0.2) is 33.8 Å². The molecular formula is C11H16N4O. The molecule has 3 N–H and O–H groups in total. The van der Waals surface area contributed by atoms with Crippen molar-refractivity contribution in [3.05, 3.63) is 12.4 Å². The molecule has 2 aliphatic rings. The first-order valence-electron chi connectivity index (χ1n) is 5.53. The Kier molecular flexibility index (Phi) is 1.75. The van der Waals surface area contributed by atoms with Crippen LogP contribution in [0.1, 0.15) is 19.8 Å². The van der Waals surface area contributed by atoms with Crippen molar-refractivity contribution in [1.82, 2.24) is 9.97 Å². The quantitative estimate of drug-likeness (QED) is 0.717. The van der Waals surface area contributed by atoms with Gasteiger partial charge in [-0.3, -0.25) is 0 Å². The summed E-state index contributed by atoms with van der Waals surface area (Å²) in [5, 5.41) is 9.75. The second kappa shape index (κ2) is 2.85. The van der Waals surface area contributed by atoms with E-state index in [4.69, 9.17) is 5.73 Å². The molecule has 5 nitrogen and oxygen atoms in total. The molecule has 0 atom stereocenters. The number of nitrogens with two attached hydrogens (primary N) is 1. The number of aromatic nitrogens is 2. The first-order chi connectivity index (χ1) is 7.48. The van der Waals surface area contributed by atoms with Crippen LogP contribution in [0.4, 0.5) is 11.6 Å². The summed E-state index contributed by atoms with van der Waals surface area (Å²) < 4.78 is 0. The van der Waals surface area contributed by atoms with Crippen LogP contribution in [0.2, 0.25) is 0 Å². The van der Waals surface area contributed by atoms with Gasteiger partial charge in [0, 0.05) is 24.6 Å². The largest absolute Gasteiger partial charge is 0.390 e. The monoisotopic (exact) mass is 220 g/mol. The predicted octanol–water partition coefficient (Wildman–Crippen LogP) is 0.410. The van der Waals surface area contributed by atoms with Crippen molar-refractivity contribution in [1.29, 1.82) is 0 Å². The van der Waals surface area contributed by atoms with Gasteiger partial charge in [-0.05, 0) is 19.8 Å². The Hall–Kier alpha value is -1.36. The summed E-state index contributed by atoms with van der Waals surface area (Å²) in [6, 6.07) is 1.80. The summed E-state index contributed by atoms with van der Waals surface area (Å²) in [5.41, 5.74) is 5.49. The third-order valence-electron chi connectivity index (χ3n) is 3.56. The highest BCUT2D eigenvalue weighted by atomic mass is 16.3. The molecule has 0 aromatic carbocycles. The lowest BCUT2D eigenvalue weighted by Gasteiger charge is -2.61. The molecule has 1 aromatic heterocycles. The Morgan fingerprint density at radius 2 is 2.06 bits per heavy atom. The molecule has 1 aliphatic heterocycles. The Morgan fingerprint density at radius 3 is 2.62 bits per heavy atom. The minimum absolute atomic E-state index is 0.323. The van der Waals surface area contributed by atoms with Crippen molar-refractivity contribution in [2.24, 2.45) is 5.41 Å². The summed E-state index contributed by atoms with van der Waals surface area (Å²) in [7, 11) is 0. The lowest BCUT2D eigenvalue weighted by Crippen LogP contribution is -2.67. The molecule has 1 aliphatic carbocycles. The summed E-state index contributed by atoms with van der Waals surface area (Å²) in [6.45, 7) is 3.85. The average Bonchev–Trinajstić information content (AvgIpc) is 2.09. The highest BCUT2D eigenvalue weighted by Crippen LogP contribution is 2.54. The highest BCUT2D eigenvalue weighted by Gasteiger charge is 2.57. The molecule has 1 saturated carbocycles. The maximum atomic E-state index is 9.75. The van der Waals surface area contributed by atoms with Gasteiger partial charge in [-0.25, -0.2) is 9.97 Å². The zero-order valence-electron chi connectivity index (χ0n) is 9.35. The molecule has 1 saturated heterocycles. The van der Waals surface area contributed by atoms with Crippen LogP contribution in [0, 0.1) is 5.41 Å². The molecule has 1 aromatic rings. The lowest BCUT2D eigenvalue weighted by molar-refractivity contribution is -0.126. The van der Waals surface area contributed by atoms with Gasteiger partial charge >= 0.3 is 0 Å². The van der Waals surface area contributed by atoms with Gasteiger partial charge in [-0.15, -0.1) is 0 Å². The molecule has 0 radical (unpaired) electrons. The molecule has 5 heteroatoms. The van der Waals surface area contributed by atoms with Crippen molar-refractivity contribution >= 4 is 11.6 Å². The van der Waals surface area contributed by atoms with Crippen molar-refractivity contribution in [2.75, 3.05) is 23.7 Å². The molecule has 16 heavy (non-hydrogen) atoms. The Bertz CT molecular complexity index is 416. The van der Waals surface area contributed by atoms with Crippen LogP contribution in [0.15, 0.2) is 12.4 Å². The van der Waals surface area contributed by atoms with Gasteiger partial charge in [-0.2, -0.15) is 0 Å². The van der Waals surface area contributed by atoms with Crippen molar-refractivity contribution < 1.29 is 5.11 Å². The molecule has 3 rings (SSSR count). The second-order valence-corrected chi connectivity index (χ2v) is 5.51. The van der Waals surface area contributed by atoms with E-state index in [0.717, 1.165) is 31.7 Å². The first kappa shape index (κ1) is 9.84. The maximum absolute atomic E-state index is 9.75.